The number of pyridine rings is 1. The lowest BCUT2D eigenvalue weighted by molar-refractivity contribution is -0.201. The SMILES string of the molecule is CC(=O)N(OC(=O)C(F)(F)F)c1nc(C)c(-c2cnc(Cl)c(N(C)S(=O)(=O)c3ccc(F)cc3)c2)s1. The second kappa shape index (κ2) is 9.99. The number of hydrogen-bond acceptors (Lipinski definition) is 8. The molecule has 0 N–H and O–H groups in total. The molecule has 1 aromatic carbocycles. The van der Waals surface area contributed by atoms with E-state index in [9.17, 15) is 35.6 Å². The fourth-order valence-corrected chi connectivity index (χ4v) is 5.30. The Hall–Kier alpha value is -3.30. The fourth-order valence-electron chi connectivity index (χ4n) is 2.79. The highest BCUT2D eigenvalue weighted by atomic mass is 35.5. The van der Waals surface area contributed by atoms with E-state index in [1.807, 2.05) is 0 Å². The first kappa shape index (κ1) is 27.3. The predicted molar refractivity (Wildman–Crippen MR) is 122 cm³/mol. The molecular formula is C20H15ClF4N4O5S2. The lowest BCUT2D eigenvalue weighted by Gasteiger charge is -2.21. The van der Waals surface area contributed by atoms with Gasteiger partial charge in [0.25, 0.3) is 15.9 Å². The quantitative estimate of drug-likeness (QED) is 0.254. The van der Waals surface area contributed by atoms with Gasteiger partial charge in [0.15, 0.2) is 5.15 Å². The number of sulfonamides is 1. The lowest BCUT2D eigenvalue weighted by Crippen LogP contribution is -2.37. The molecule has 1 amide bonds. The van der Waals surface area contributed by atoms with Crippen LogP contribution in [-0.4, -0.2) is 43.5 Å². The molecule has 0 unspecified atom stereocenters. The summed E-state index contributed by atoms with van der Waals surface area (Å²) in [6.45, 7) is 2.34. The van der Waals surface area contributed by atoms with Gasteiger partial charge in [-0.05, 0) is 37.3 Å². The molecule has 3 aromatic rings. The molecule has 16 heteroatoms. The van der Waals surface area contributed by atoms with Crippen molar-refractivity contribution in [3.05, 3.63) is 53.2 Å². The molecule has 0 saturated carbocycles. The first-order chi connectivity index (χ1) is 16.6. The summed E-state index contributed by atoms with van der Waals surface area (Å²) in [5.74, 6) is -4.29. The highest BCUT2D eigenvalue weighted by Crippen LogP contribution is 2.38. The monoisotopic (exact) mass is 566 g/mol. The van der Waals surface area contributed by atoms with Gasteiger partial charge < -0.3 is 4.84 Å². The van der Waals surface area contributed by atoms with Crippen LogP contribution in [0, 0.1) is 12.7 Å². The van der Waals surface area contributed by atoms with Gasteiger partial charge in [-0.2, -0.15) is 13.2 Å². The molecule has 0 atom stereocenters. The third-order valence-electron chi connectivity index (χ3n) is 4.54. The standard InChI is InChI=1S/C20H15ClF4N4O5S2/c1-10-16(35-19(27-10)29(11(2)30)34-18(31)20(23,24)25)12-8-15(17(21)26-9-12)28(3)36(32,33)14-6-4-13(22)5-7-14/h4-9H,1-3H3. The zero-order chi connectivity index (χ0) is 27.0. The Morgan fingerprint density at radius 1 is 1.17 bits per heavy atom. The number of benzene rings is 1. The molecule has 3 rings (SSSR count). The normalized spacial score (nSPS) is 11.8. The van der Waals surface area contributed by atoms with E-state index in [1.54, 1.807) is 0 Å². The van der Waals surface area contributed by atoms with Crippen molar-refractivity contribution in [2.45, 2.75) is 24.9 Å². The maximum Gasteiger partial charge on any atom is 0.493 e. The third-order valence-corrected chi connectivity index (χ3v) is 7.80. The maximum absolute atomic E-state index is 13.2. The number of hydrogen-bond donors (Lipinski definition) is 0. The molecule has 0 aliphatic rings. The smallest absolute Gasteiger partial charge is 0.322 e. The number of aromatic nitrogens is 2. The number of rotatable bonds is 5. The molecule has 0 spiro atoms. The van der Waals surface area contributed by atoms with Gasteiger partial charge in [0.2, 0.25) is 5.13 Å². The first-order valence-electron chi connectivity index (χ1n) is 9.60. The summed E-state index contributed by atoms with van der Waals surface area (Å²) in [6.07, 6.45) is -4.09. The van der Waals surface area contributed by atoms with Crippen molar-refractivity contribution in [2.75, 3.05) is 16.4 Å². The van der Waals surface area contributed by atoms with Crippen LogP contribution in [0.15, 0.2) is 41.4 Å². The van der Waals surface area contributed by atoms with Crippen LogP contribution in [0.25, 0.3) is 10.4 Å². The Morgan fingerprint density at radius 2 is 1.78 bits per heavy atom. The van der Waals surface area contributed by atoms with E-state index in [4.69, 9.17) is 11.6 Å². The van der Waals surface area contributed by atoms with E-state index >= 15 is 0 Å². The van der Waals surface area contributed by atoms with Crippen molar-refractivity contribution < 1.29 is 40.4 Å². The molecule has 0 saturated heterocycles. The largest absolute Gasteiger partial charge is 0.493 e. The lowest BCUT2D eigenvalue weighted by atomic mass is 10.2. The van der Waals surface area contributed by atoms with Crippen LogP contribution in [0.4, 0.5) is 28.4 Å². The number of anilines is 2. The molecule has 2 aromatic heterocycles. The number of alkyl halides is 3. The molecule has 36 heavy (non-hydrogen) atoms. The number of carbonyl (C=O) groups excluding carboxylic acids is 2. The van der Waals surface area contributed by atoms with Crippen molar-refractivity contribution >= 4 is 55.7 Å². The maximum atomic E-state index is 13.2. The Bertz CT molecular complexity index is 1430. The predicted octanol–water partition coefficient (Wildman–Crippen LogP) is 4.50. The number of amides is 1. The van der Waals surface area contributed by atoms with Gasteiger partial charge in [-0.1, -0.05) is 22.9 Å². The Balaban J connectivity index is 2.01. The number of carbonyl (C=O) groups is 2. The van der Waals surface area contributed by atoms with Crippen LogP contribution in [0.1, 0.15) is 12.6 Å². The molecule has 0 aliphatic carbocycles. The van der Waals surface area contributed by atoms with E-state index in [1.165, 1.54) is 26.2 Å². The summed E-state index contributed by atoms with van der Waals surface area (Å²) in [4.78, 5) is 35.3. The van der Waals surface area contributed by atoms with E-state index in [0.717, 1.165) is 35.5 Å². The van der Waals surface area contributed by atoms with Gasteiger partial charge in [0.05, 0.1) is 21.2 Å². The average molecular weight is 567 g/mol. The summed E-state index contributed by atoms with van der Waals surface area (Å²) in [6, 6.07) is 5.44. The van der Waals surface area contributed by atoms with Crippen LogP contribution in [0.3, 0.4) is 0 Å². The van der Waals surface area contributed by atoms with Crippen LogP contribution in [0.5, 0.6) is 0 Å². The van der Waals surface area contributed by atoms with Crippen molar-refractivity contribution in [3.63, 3.8) is 0 Å². The topological polar surface area (TPSA) is 110 Å². The second-order valence-electron chi connectivity index (χ2n) is 7.06. The Morgan fingerprint density at radius 3 is 2.33 bits per heavy atom. The molecule has 2 heterocycles. The van der Waals surface area contributed by atoms with Gasteiger partial charge >= 0.3 is 12.1 Å². The molecular weight excluding hydrogens is 552 g/mol. The molecule has 0 radical (unpaired) electrons. The Labute approximate surface area is 210 Å². The van der Waals surface area contributed by atoms with Crippen LogP contribution in [-0.2, 0) is 24.4 Å². The highest BCUT2D eigenvalue weighted by molar-refractivity contribution is 7.92. The van der Waals surface area contributed by atoms with E-state index < -0.39 is 33.9 Å². The van der Waals surface area contributed by atoms with Crippen molar-refractivity contribution in [1.82, 2.24) is 9.97 Å². The van der Waals surface area contributed by atoms with Gasteiger partial charge in [0.1, 0.15) is 5.82 Å². The van der Waals surface area contributed by atoms with Gasteiger partial charge in [-0.25, -0.2) is 27.6 Å². The molecule has 0 fully saturated rings. The minimum Gasteiger partial charge on any atom is -0.322 e. The van der Waals surface area contributed by atoms with E-state index in [-0.39, 0.29) is 42.1 Å². The molecule has 192 valence electrons. The molecule has 0 aliphatic heterocycles. The second-order valence-corrected chi connectivity index (χ2v) is 10.4. The fraction of sp³-hybridized carbons (Fsp3) is 0.200. The van der Waals surface area contributed by atoms with E-state index in [0.29, 0.717) is 11.3 Å². The van der Waals surface area contributed by atoms with E-state index in [2.05, 4.69) is 14.8 Å². The van der Waals surface area contributed by atoms with Crippen molar-refractivity contribution in [3.8, 4) is 10.4 Å². The van der Waals surface area contributed by atoms with Gasteiger partial charge in [-0.15, -0.1) is 5.06 Å². The average Bonchev–Trinajstić information content (AvgIpc) is 3.17. The zero-order valence-corrected chi connectivity index (χ0v) is 20.9. The number of thiazole rings is 1. The minimum absolute atomic E-state index is 0.0697. The van der Waals surface area contributed by atoms with Gasteiger partial charge in [-0.3, -0.25) is 9.10 Å². The number of nitrogens with zero attached hydrogens (tertiary/aromatic N) is 4. The molecule has 0 bridgehead atoms. The first-order valence-corrected chi connectivity index (χ1v) is 12.2. The van der Waals surface area contributed by atoms with Crippen LogP contribution >= 0.6 is 22.9 Å². The minimum atomic E-state index is -5.35. The van der Waals surface area contributed by atoms with Crippen LogP contribution < -0.4 is 9.37 Å². The van der Waals surface area contributed by atoms with Crippen molar-refractivity contribution in [1.29, 1.82) is 0 Å². The summed E-state index contributed by atoms with van der Waals surface area (Å²) >= 11 is 6.82. The summed E-state index contributed by atoms with van der Waals surface area (Å²) in [5, 5.41) is -0.470. The number of aryl methyl sites for hydroxylation is 1. The van der Waals surface area contributed by atoms with Crippen molar-refractivity contribution in [2.24, 2.45) is 0 Å². The number of hydroxylamine groups is 1. The number of halogens is 5. The summed E-state index contributed by atoms with van der Waals surface area (Å²) in [7, 11) is -2.98. The van der Waals surface area contributed by atoms with Crippen LogP contribution in [0.2, 0.25) is 5.15 Å². The summed E-state index contributed by atoms with van der Waals surface area (Å²) < 4.78 is 77.9. The summed E-state index contributed by atoms with van der Waals surface area (Å²) in [5.41, 5.74) is 0.394. The highest BCUT2D eigenvalue weighted by Gasteiger charge is 2.44. The Kier molecular flexibility index (Phi) is 7.57. The third kappa shape index (κ3) is 5.57. The molecule has 9 nitrogen and oxygen atoms in total. The zero-order valence-electron chi connectivity index (χ0n) is 18.5. The van der Waals surface area contributed by atoms with Gasteiger partial charge in [0, 0.05) is 25.7 Å².